The Balaban J connectivity index is 2.33. The molecule has 1 aliphatic rings. The van der Waals surface area contributed by atoms with E-state index in [1.54, 1.807) is 0 Å². The number of carbonyl (C=O) groups is 1. The van der Waals surface area contributed by atoms with Crippen LogP contribution >= 0.6 is 0 Å². The van der Waals surface area contributed by atoms with Gasteiger partial charge in [-0.2, -0.15) is 0 Å². The van der Waals surface area contributed by atoms with E-state index in [1.807, 2.05) is 4.90 Å². The maximum Gasteiger partial charge on any atom is 0.222 e. The molecule has 0 bridgehead atoms. The van der Waals surface area contributed by atoms with Gasteiger partial charge >= 0.3 is 0 Å². The van der Waals surface area contributed by atoms with E-state index in [-0.39, 0.29) is 0 Å². The van der Waals surface area contributed by atoms with E-state index in [1.165, 1.54) is 0 Å². The van der Waals surface area contributed by atoms with Crippen LogP contribution in [0.1, 0.15) is 39.5 Å². The molecule has 1 saturated heterocycles. The van der Waals surface area contributed by atoms with Crippen LogP contribution in [0, 0.1) is 5.92 Å². The van der Waals surface area contributed by atoms with Gasteiger partial charge in [0.25, 0.3) is 0 Å². The molecule has 0 unspecified atom stereocenters. The zero-order valence-electron chi connectivity index (χ0n) is 10.00. The summed E-state index contributed by atoms with van der Waals surface area (Å²) in [5.41, 5.74) is 0. The summed E-state index contributed by atoms with van der Waals surface area (Å²) in [4.78, 5) is 13.9. The van der Waals surface area contributed by atoms with Crippen LogP contribution in [0.3, 0.4) is 0 Å². The van der Waals surface area contributed by atoms with E-state index in [2.05, 4.69) is 13.8 Å². The second kappa shape index (κ2) is 6.83. The minimum atomic E-state index is 0.314. The first-order chi connectivity index (χ1) is 7.27. The fraction of sp³-hybridized carbons (Fsp3) is 0.917. The van der Waals surface area contributed by atoms with Crippen molar-refractivity contribution in [2.45, 2.75) is 39.5 Å². The molecule has 88 valence electrons. The van der Waals surface area contributed by atoms with Crippen LogP contribution in [0.15, 0.2) is 0 Å². The molecule has 1 fully saturated rings. The average Bonchev–Trinajstić information content (AvgIpc) is 2.70. The van der Waals surface area contributed by atoms with E-state index in [0.29, 0.717) is 18.2 Å². The van der Waals surface area contributed by atoms with Crippen LogP contribution < -0.4 is 0 Å². The van der Waals surface area contributed by atoms with Crippen molar-refractivity contribution in [1.29, 1.82) is 0 Å². The number of carbonyl (C=O) groups excluding carboxylic acids is 1. The third-order valence-electron chi connectivity index (χ3n) is 2.83. The van der Waals surface area contributed by atoms with Crippen LogP contribution in [0.25, 0.3) is 0 Å². The highest BCUT2D eigenvalue weighted by Gasteiger charge is 2.21. The number of nitrogens with zero attached hydrogens (tertiary/aromatic N) is 1. The van der Waals surface area contributed by atoms with E-state index in [0.717, 1.165) is 45.6 Å². The average molecular weight is 213 g/mol. The molecule has 1 rings (SSSR count). The van der Waals surface area contributed by atoms with Crippen molar-refractivity contribution in [2.75, 3.05) is 26.3 Å². The van der Waals surface area contributed by atoms with Gasteiger partial charge in [-0.15, -0.1) is 0 Å². The number of hydrogen-bond donors (Lipinski definition) is 0. The molecule has 0 saturated carbocycles. The number of ether oxygens (including phenoxy) is 1. The van der Waals surface area contributed by atoms with E-state index in [4.69, 9.17) is 4.74 Å². The quantitative estimate of drug-likeness (QED) is 0.676. The SMILES string of the molecule is CCCN(CCC)C(=O)C[C@H]1CCOC1. The molecule has 3 heteroatoms. The number of rotatable bonds is 6. The van der Waals surface area contributed by atoms with E-state index >= 15 is 0 Å². The second-order valence-corrected chi connectivity index (χ2v) is 4.31. The molecule has 0 radical (unpaired) electrons. The summed E-state index contributed by atoms with van der Waals surface area (Å²) in [6.45, 7) is 7.65. The topological polar surface area (TPSA) is 29.5 Å². The summed E-state index contributed by atoms with van der Waals surface area (Å²) in [6.07, 6.45) is 3.83. The van der Waals surface area contributed by atoms with Gasteiger partial charge in [-0.1, -0.05) is 13.8 Å². The predicted octanol–water partition coefficient (Wildman–Crippen LogP) is 2.06. The number of hydrogen-bond acceptors (Lipinski definition) is 2. The first-order valence-electron chi connectivity index (χ1n) is 6.13. The molecule has 15 heavy (non-hydrogen) atoms. The van der Waals surface area contributed by atoms with E-state index < -0.39 is 0 Å². The van der Waals surface area contributed by atoms with Crippen molar-refractivity contribution >= 4 is 5.91 Å². The molecule has 0 aliphatic carbocycles. The molecule has 0 N–H and O–H groups in total. The lowest BCUT2D eigenvalue weighted by Crippen LogP contribution is -2.33. The summed E-state index contributed by atoms with van der Waals surface area (Å²) in [7, 11) is 0. The Labute approximate surface area is 92.8 Å². The fourth-order valence-corrected chi connectivity index (χ4v) is 2.02. The molecule has 1 amide bonds. The van der Waals surface area contributed by atoms with Crippen molar-refractivity contribution in [3.8, 4) is 0 Å². The Hall–Kier alpha value is -0.570. The minimum Gasteiger partial charge on any atom is -0.381 e. The third-order valence-corrected chi connectivity index (χ3v) is 2.83. The zero-order chi connectivity index (χ0) is 11.1. The molecule has 1 atom stereocenters. The van der Waals surface area contributed by atoms with Crippen molar-refractivity contribution in [2.24, 2.45) is 5.92 Å². The van der Waals surface area contributed by atoms with Crippen molar-refractivity contribution < 1.29 is 9.53 Å². The van der Waals surface area contributed by atoms with Gasteiger partial charge in [0.15, 0.2) is 0 Å². The molecule has 1 aliphatic heterocycles. The van der Waals surface area contributed by atoms with Crippen LogP contribution in [-0.2, 0) is 9.53 Å². The molecule has 1 heterocycles. The molecule has 0 spiro atoms. The summed E-state index contributed by atoms with van der Waals surface area (Å²) >= 11 is 0. The molecular formula is C12H23NO2. The normalized spacial score (nSPS) is 20.5. The van der Waals surface area contributed by atoms with Gasteiger partial charge < -0.3 is 9.64 Å². The van der Waals surface area contributed by atoms with Crippen molar-refractivity contribution in [3.63, 3.8) is 0 Å². The Morgan fingerprint density at radius 3 is 2.47 bits per heavy atom. The molecular weight excluding hydrogens is 190 g/mol. The second-order valence-electron chi connectivity index (χ2n) is 4.31. The lowest BCUT2D eigenvalue weighted by Gasteiger charge is -2.22. The van der Waals surface area contributed by atoms with Gasteiger partial charge in [-0.05, 0) is 25.2 Å². The van der Waals surface area contributed by atoms with Gasteiger partial charge in [0.1, 0.15) is 0 Å². The minimum absolute atomic E-state index is 0.314. The van der Waals surface area contributed by atoms with E-state index in [9.17, 15) is 4.79 Å². The van der Waals surface area contributed by atoms with Crippen LogP contribution in [0.5, 0.6) is 0 Å². The van der Waals surface area contributed by atoms with Crippen molar-refractivity contribution in [1.82, 2.24) is 4.90 Å². The van der Waals surface area contributed by atoms with Gasteiger partial charge in [0.05, 0.1) is 0 Å². The molecule has 0 aromatic carbocycles. The molecule has 0 aromatic heterocycles. The zero-order valence-corrected chi connectivity index (χ0v) is 10.00. The first-order valence-corrected chi connectivity index (χ1v) is 6.13. The highest BCUT2D eigenvalue weighted by Crippen LogP contribution is 2.17. The van der Waals surface area contributed by atoms with Gasteiger partial charge in [0, 0.05) is 32.7 Å². The Morgan fingerprint density at radius 2 is 2.00 bits per heavy atom. The smallest absolute Gasteiger partial charge is 0.222 e. The van der Waals surface area contributed by atoms with Crippen LogP contribution in [0.2, 0.25) is 0 Å². The van der Waals surface area contributed by atoms with Crippen LogP contribution in [0.4, 0.5) is 0 Å². The largest absolute Gasteiger partial charge is 0.381 e. The van der Waals surface area contributed by atoms with Crippen molar-refractivity contribution in [3.05, 3.63) is 0 Å². The van der Waals surface area contributed by atoms with Crippen LogP contribution in [-0.4, -0.2) is 37.1 Å². The molecule has 0 aromatic rings. The summed E-state index contributed by atoms with van der Waals surface area (Å²) in [5.74, 6) is 0.780. The van der Waals surface area contributed by atoms with Gasteiger partial charge in [-0.3, -0.25) is 4.79 Å². The lowest BCUT2D eigenvalue weighted by atomic mass is 10.0. The molecule has 3 nitrogen and oxygen atoms in total. The number of amides is 1. The fourth-order valence-electron chi connectivity index (χ4n) is 2.02. The maximum atomic E-state index is 11.9. The summed E-state index contributed by atoms with van der Waals surface area (Å²) in [5, 5.41) is 0. The van der Waals surface area contributed by atoms with Gasteiger partial charge in [0.2, 0.25) is 5.91 Å². The highest BCUT2D eigenvalue weighted by atomic mass is 16.5. The highest BCUT2D eigenvalue weighted by molar-refractivity contribution is 5.76. The Morgan fingerprint density at radius 1 is 1.33 bits per heavy atom. The first kappa shape index (κ1) is 12.5. The maximum absolute atomic E-state index is 11.9. The Bertz CT molecular complexity index is 182. The standard InChI is InChI=1S/C12H23NO2/c1-3-6-13(7-4-2)12(14)9-11-5-8-15-10-11/h11H,3-10H2,1-2H3/t11-/m1/s1. The van der Waals surface area contributed by atoms with Gasteiger partial charge in [-0.25, -0.2) is 0 Å². The summed E-state index contributed by atoms with van der Waals surface area (Å²) in [6, 6.07) is 0. The monoisotopic (exact) mass is 213 g/mol. The lowest BCUT2D eigenvalue weighted by molar-refractivity contribution is -0.132. The summed E-state index contributed by atoms with van der Waals surface area (Å²) < 4.78 is 5.29. The predicted molar refractivity (Wildman–Crippen MR) is 60.7 cm³/mol. The third kappa shape index (κ3) is 4.20. The Kier molecular flexibility index (Phi) is 5.69.